The second-order valence-corrected chi connectivity index (χ2v) is 7.28. The summed E-state index contributed by atoms with van der Waals surface area (Å²) in [6.07, 6.45) is 2.03. The zero-order valence-electron chi connectivity index (χ0n) is 13.7. The second kappa shape index (κ2) is 8.17. The van der Waals surface area contributed by atoms with E-state index < -0.39 is 6.10 Å². The van der Waals surface area contributed by atoms with Crippen molar-refractivity contribution in [2.24, 2.45) is 0 Å². The molecular weight excluding hydrogens is 312 g/mol. The maximum Gasteiger partial charge on any atom is 0.315 e. The first-order valence-corrected chi connectivity index (χ1v) is 8.59. The van der Waals surface area contributed by atoms with Crippen molar-refractivity contribution in [2.75, 3.05) is 0 Å². The van der Waals surface area contributed by atoms with E-state index in [4.69, 9.17) is 4.42 Å². The highest BCUT2D eigenvalue weighted by Crippen LogP contribution is 2.18. The summed E-state index contributed by atoms with van der Waals surface area (Å²) in [5.74, 6) is 0.514. The highest BCUT2D eigenvalue weighted by molar-refractivity contribution is 7.11. The zero-order valence-corrected chi connectivity index (χ0v) is 14.5. The summed E-state index contributed by atoms with van der Waals surface area (Å²) in [5.41, 5.74) is 0. The van der Waals surface area contributed by atoms with Crippen LogP contribution in [-0.4, -0.2) is 23.2 Å². The lowest BCUT2D eigenvalue weighted by molar-refractivity contribution is 0.129. The number of hydrogen-bond acceptors (Lipinski definition) is 4. The SMILES string of the molecule is Cc1ccc(CC(C)NC(=O)NC(C)CC(O)c2ccco2)s1. The standard InChI is InChI=1S/C17H24N2O3S/c1-11(9-14-7-6-13(3)23-14)18-17(21)19-12(2)10-15(20)16-5-4-8-22-16/h4-8,11-12,15,20H,9-10H2,1-3H3,(H2,18,19,21). The first-order chi connectivity index (χ1) is 10.9. The average Bonchev–Trinajstić information content (AvgIpc) is 3.09. The molecule has 0 aliphatic heterocycles. The molecule has 3 N–H and O–H groups in total. The van der Waals surface area contributed by atoms with Gasteiger partial charge in [-0.2, -0.15) is 0 Å². The van der Waals surface area contributed by atoms with Crippen LogP contribution in [-0.2, 0) is 6.42 Å². The Labute approximate surface area is 140 Å². The number of hydrogen-bond donors (Lipinski definition) is 3. The fourth-order valence-corrected chi connectivity index (χ4v) is 3.45. The third kappa shape index (κ3) is 5.73. The predicted octanol–water partition coefficient (Wildman–Crippen LogP) is 3.39. The van der Waals surface area contributed by atoms with E-state index in [1.807, 2.05) is 13.8 Å². The van der Waals surface area contributed by atoms with E-state index in [0.29, 0.717) is 12.2 Å². The third-order valence-electron chi connectivity index (χ3n) is 3.51. The number of urea groups is 1. The molecular formula is C17H24N2O3S. The van der Waals surface area contributed by atoms with E-state index in [1.54, 1.807) is 23.5 Å². The molecule has 0 aliphatic rings. The first kappa shape index (κ1) is 17.6. The highest BCUT2D eigenvalue weighted by atomic mass is 32.1. The minimum Gasteiger partial charge on any atom is -0.467 e. The summed E-state index contributed by atoms with van der Waals surface area (Å²) in [6.45, 7) is 5.92. The number of thiophene rings is 1. The van der Waals surface area contributed by atoms with Crippen LogP contribution in [0.4, 0.5) is 4.79 Å². The van der Waals surface area contributed by atoms with Gasteiger partial charge in [0.2, 0.25) is 0 Å². The Morgan fingerprint density at radius 1 is 1.26 bits per heavy atom. The summed E-state index contributed by atoms with van der Waals surface area (Å²) >= 11 is 1.75. The van der Waals surface area contributed by atoms with E-state index >= 15 is 0 Å². The van der Waals surface area contributed by atoms with Gasteiger partial charge in [-0.3, -0.25) is 0 Å². The molecule has 2 aromatic heterocycles. The molecule has 3 atom stereocenters. The molecule has 0 radical (unpaired) electrons. The summed E-state index contributed by atoms with van der Waals surface area (Å²) in [7, 11) is 0. The lowest BCUT2D eigenvalue weighted by atomic mass is 10.1. The number of aryl methyl sites for hydroxylation is 1. The Balaban J connectivity index is 1.72. The molecule has 0 aliphatic carbocycles. The summed E-state index contributed by atoms with van der Waals surface area (Å²) in [4.78, 5) is 14.5. The summed E-state index contributed by atoms with van der Waals surface area (Å²) in [6, 6.07) is 7.31. The van der Waals surface area contributed by atoms with Crippen molar-refractivity contribution in [3.8, 4) is 0 Å². The maximum atomic E-state index is 12.0. The number of rotatable bonds is 7. The van der Waals surface area contributed by atoms with Gasteiger partial charge in [0.15, 0.2) is 0 Å². The third-order valence-corrected chi connectivity index (χ3v) is 4.53. The Hall–Kier alpha value is -1.79. The van der Waals surface area contributed by atoms with Crippen LogP contribution in [0.25, 0.3) is 0 Å². The summed E-state index contributed by atoms with van der Waals surface area (Å²) < 4.78 is 5.16. The molecule has 0 fully saturated rings. The van der Waals surface area contributed by atoms with Crippen LogP contribution in [0.15, 0.2) is 34.9 Å². The van der Waals surface area contributed by atoms with Gasteiger partial charge >= 0.3 is 6.03 Å². The Morgan fingerprint density at radius 3 is 2.61 bits per heavy atom. The first-order valence-electron chi connectivity index (χ1n) is 7.78. The number of aliphatic hydroxyl groups excluding tert-OH is 1. The monoisotopic (exact) mass is 336 g/mol. The van der Waals surface area contributed by atoms with Gasteiger partial charge in [-0.1, -0.05) is 0 Å². The smallest absolute Gasteiger partial charge is 0.315 e. The zero-order chi connectivity index (χ0) is 16.8. The molecule has 2 aromatic rings. The minimum absolute atomic E-state index is 0.0512. The largest absolute Gasteiger partial charge is 0.467 e. The molecule has 0 spiro atoms. The molecule has 2 rings (SSSR count). The molecule has 2 heterocycles. The Kier molecular flexibility index (Phi) is 6.24. The molecule has 5 nitrogen and oxygen atoms in total. The molecule has 2 amide bonds. The van der Waals surface area contributed by atoms with Crippen LogP contribution in [0.1, 0.15) is 41.9 Å². The van der Waals surface area contributed by atoms with E-state index in [2.05, 4.69) is 29.7 Å². The minimum atomic E-state index is -0.716. The average molecular weight is 336 g/mol. The van der Waals surface area contributed by atoms with E-state index in [9.17, 15) is 9.90 Å². The van der Waals surface area contributed by atoms with Crippen LogP contribution in [0, 0.1) is 6.92 Å². The van der Waals surface area contributed by atoms with Gasteiger partial charge in [0.1, 0.15) is 11.9 Å². The quantitative estimate of drug-likeness (QED) is 0.725. The van der Waals surface area contributed by atoms with Gasteiger partial charge in [-0.25, -0.2) is 4.79 Å². The molecule has 3 unspecified atom stereocenters. The van der Waals surface area contributed by atoms with Crippen molar-refractivity contribution in [1.29, 1.82) is 0 Å². The predicted molar refractivity (Wildman–Crippen MR) is 91.6 cm³/mol. The van der Waals surface area contributed by atoms with Gasteiger partial charge in [-0.05, 0) is 45.0 Å². The van der Waals surface area contributed by atoms with Crippen molar-refractivity contribution < 1.29 is 14.3 Å². The number of carbonyl (C=O) groups is 1. The van der Waals surface area contributed by atoms with Crippen LogP contribution < -0.4 is 10.6 Å². The molecule has 0 aromatic carbocycles. The molecule has 126 valence electrons. The number of aliphatic hydroxyl groups is 1. The van der Waals surface area contributed by atoms with Gasteiger partial charge in [-0.15, -0.1) is 11.3 Å². The molecule has 0 saturated heterocycles. The molecule has 0 bridgehead atoms. The topological polar surface area (TPSA) is 74.5 Å². The Morgan fingerprint density at radius 2 is 2.00 bits per heavy atom. The lowest BCUT2D eigenvalue weighted by Gasteiger charge is -2.19. The lowest BCUT2D eigenvalue weighted by Crippen LogP contribution is -2.45. The van der Waals surface area contributed by atoms with Gasteiger partial charge in [0.05, 0.1) is 6.26 Å². The fourth-order valence-electron chi connectivity index (χ4n) is 2.43. The van der Waals surface area contributed by atoms with Crippen molar-refractivity contribution in [3.05, 3.63) is 46.0 Å². The number of furan rings is 1. The molecule has 6 heteroatoms. The number of nitrogens with one attached hydrogen (secondary N) is 2. The maximum absolute atomic E-state index is 12.0. The Bertz CT molecular complexity index is 609. The van der Waals surface area contributed by atoms with Crippen LogP contribution in [0.5, 0.6) is 0 Å². The van der Waals surface area contributed by atoms with E-state index in [0.717, 1.165) is 6.42 Å². The van der Waals surface area contributed by atoms with Gasteiger partial charge < -0.3 is 20.2 Å². The van der Waals surface area contributed by atoms with Gasteiger partial charge in [0.25, 0.3) is 0 Å². The molecule has 23 heavy (non-hydrogen) atoms. The van der Waals surface area contributed by atoms with Crippen molar-refractivity contribution in [2.45, 2.75) is 51.8 Å². The van der Waals surface area contributed by atoms with E-state index in [-0.39, 0.29) is 18.1 Å². The van der Waals surface area contributed by atoms with E-state index in [1.165, 1.54) is 16.0 Å². The second-order valence-electron chi connectivity index (χ2n) is 5.90. The number of amides is 2. The van der Waals surface area contributed by atoms with Gasteiger partial charge in [0, 0.05) is 34.7 Å². The normalized spacial score (nSPS) is 15.0. The van der Waals surface area contributed by atoms with Crippen molar-refractivity contribution >= 4 is 17.4 Å². The van der Waals surface area contributed by atoms with Crippen molar-refractivity contribution in [3.63, 3.8) is 0 Å². The molecule has 0 saturated carbocycles. The summed E-state index contributed by atoms with van der Waals surface area (Å²) in [5, 5.41) is 15.8. The highest BCUT2D eigenvalue weighted by Gasteiger charge is 2.17. The van der Waals surface area contributed by atoms with Crippen LogP contribution in [0.2, 0.25) is 0 Å². The van der Waals surface area contributed by atoms with Crippen LogP contribution >= 0.6 is 11.3 Å². The van der Waals surface area contributed by atoms with Crippen molar-refractivity contribution in [1.82, 2.24) is 10.6 Å². The van der Waals surface area contributed by atoms with Crippen LogP contribution in [0.3, 0.4) is 0 Å². The number of carbonyl (C=O) groups excluding carboxylic acids is 1. The fraction of sp³-hybridized carbons (Fsp3) is 0.471.